The molecule has 5 heteroatoms. The number of anilines is 1. The Morgan fingerprint density at radius 1 is 1.47 bits per heavy atom. The third-order valence-corrected chi connectivity index (χ3v) is 3.46. The van der Waals surface area contributed by atoms with Gasteiger partial charge in [-0.15, -0.1) is 11.3 Å². The first-order valence-corrected chi connectivity index (χ1v) is 6.26. The van der Waals surface area contributed by atoms with Crippen molar-refractivity contribution in [1.29, 1.82) is 0 Å². The second kappa shape index (κ2) is 4.81. The van der Waals surface area contributed by atoms with Crippen molar-refractivity contribution in [2.45, 2.75) is 26.4 Å². The summed E-state index contributed by atoms with van der Waals surface area (Å²) in [5.74, 6) is 0.393. The second-order valence-electron chi connectivity index (χ2n) is 4.00. The number of aromatic nitrogens is 2. The van der Waals surface area contributed by atoms with Crippen molar-refractivity contribution in [3.05, 3.63) is 39.5 Å². The van der Waals surface area contributed by atoms with Crippen LogP contribution in [-0.2, 0) is 6.42 Å². The molecule has 1 unspecified atom stereocenters. The summed E-state index contributed by atoms with van der Waals surface area (Å²) in [7, 11) is 0. The van der Waals surface area contributed by atoms with Gasteiger partial charge in [0.2, 0.25) is 0 Å². The van der Waals surface area contributed by atoms with E-state index in [2.05, 4.69) is 9.97 Å². The fourth-order valence-corrected chi connectivity index (χ4v) is 2.45. The molecule has 2 heterocycles. The van der Waals surface area contributed by atoms with Gasteiger partial charge >= 0.3 is 0 Å². The molecule has 0 aromatic carbocycles. The van der Waals surface area contributed by atoms with Crippen LogP contribution in [0.5, 0.6) is 0 Å². The summed E-state index contributed by atoms with van der Waals surface area (Å²) in [6.07, 6.45) is 1.47. The number of aliphatic hydroxyl groups excluding tert-OH is 1. The lowest BCUT2D eigenvalue weighted by Crippen LogP contribution is -2.09. The van der Waals surface area contributed by atoms with Gasteiger partial charge in [-0.1, -0.05) is 0 Å². The summed E-state index contributed by atoms with van der Waals surface area (Å²) in [6.45, 7) is 3.87. The molecular formula is C12H15N3OS. The Bertz CT molecular complexity index is 504. The largest absolute Gasteiger partial charge is 0.388 e. The Morgan fingerprint density at radius 2 is 2.24 bits per heavy atom. The first-order valence-electron chi connectivity index (χ1n) is 5.38. The van der Waals surface area contributed by atoms with Crippen LogP contribution < -0.4 is 5.73 Å². The van der Waals surface area contributed by atoms with Gasteiger partial charge in [-0.2, -0.15) is 0 Å². The van der Waals surface area contributed by atoms with E-state index in [9.17, 15) is 5.11 Å². The van der Waals surface area contributed by atoms with Crippen molar-refractivity contribution in [2.75, 3.05) is 5.73 Å². The number of aryl methyl sites for hydroxylation is 2. The Hall–Kier alpha value is -1.46. The molecule has 3 N–H and O–H groups in total. The van der Waals surface area contributed by atoms with Crippen LogP contribution in [0.3, 0.4) is 0 Å². The van der Waals surface area contributed by atoms with Crippen molar-refractivity contribution in [2.24, 2.45) is 0 Å². The molecule has 2 aromatic rings. The summed E-state index contributed by atoms with van der Waals surface area (Å²) in [5, 5.41) is 13.2. The van der Waals surface area contributed by atoms with Crippen LogP contribution in [0.2, 0.25) is 0 Å². The Labute approximate surface area is 104 Å². The zero-order valence-electron chi connectivity index (χ0n) is 9.84. The van der Waals surface area contributed by atoms with Crippen molar-refractivity contribution in [3.8, 4) is 0 Å². The van der Waals surface area contributed by atoms with E-state index in [1.807, 2.05) is 25.3 Å². The third-order valence-electron chi connectivity index (χ3n) is 2.64. The van der Waals surface area contributed by atoms with Crippen molar-refractivity contribution < 1.29 is 5.11 Å². The normalized spacial score (nSPS) is 12.6. The van der Waals surface area contributed by atoms with E-state index in [1.165, 1.54) is 0 Å². The molecule has 2 aromatic heterocycles. The van der Waals surface area contributed by atoms with Crippen LogP contribution in [0, 0.1) is 13.8 Å². The maximum atomic E-state index is 10.2. The molecule has 0 radical (unpaired) electrons. The molecule has 0 saturated carbocycles. The molecular weight excluding hydrogens is 234 g/mol. The molecule has 0 amide bonds. The fraction of sp³-hybridized carbons (Fsp3) is 0.333. The van der Waals surface area contributed by atoms with Crippen molar-refractivity contribution in [3.63, 3.8) is 0 Å². The number of nitrogens with two attached hydrogens (primary N) is 1. The monoisotopic (exact) mass is 249 g/mol. The summed E-state index contributed by atoms with van der Waals surface area (Å²) < 4.78 is 0. The highest BCUT2D eigenvalue weighted by atomic mass is 32.1. The number of nitrogen functional groups attached to an aromatic ring is 1. The average molecular weight is 249 g/mol. The Balaban J connectivity index is 2.22. The first kappa shape index (κ1) is 12.0. The van der Waals surface area contributed by atoms with Crippen LogP contribution in [0.25, 0.3) is 0 Å². The number of pyridine rings is 1. The second-order valence-corrected chi connectivity index (χ2v) is 5.07. The number of nitrogens with zero attached hydrogens (tertiary/aromatic N) is 2. The summed E-state index contributed by atoms with van der Waals surface area (Å²) in [4.78, 5) is 8.34. The SMILES string of the molecule is Cc1nc(CC(O)c2c(C)ccnc2N)cs1. The van der Waals surface area contributed by atoms with Crippen LogP contribution in [0.15, 0.2) is 17.6 Å². The first-order chi connectivity index (χ1) is 8.08. The molecule has 0 bridgehead atoms. The van der Waals surface area contributed by atoms with Crippen LogP contribution >= 0.6 is 11.3 Å². The Kier molecular flexibility index (Phi) is 3.40. The number of rotatable bonds is 3. The van der Waals surface area contributed by atoms with Gasteiger partial charge in [0, 0.05) is 23.6 Å². The lowest BCUT2D eigenvalue weighted by atomic mass is 10.0. The highest BCUT2D eigenvalue weighted by Gasteiger charge is 2.16. The molecule has 0 saturated heterocycles. The van der Waals surface area contributed by atoms with Crippen molar-refractivity contribution >= 4 is 17.2 Å². The average Bonchev–Trinajstić information content (AvgIpc) is 2.63. The minimum atomic E-state index is -0.648. The van der Waals surface area contributed by atoms with Crippen LogP contribution in [0.4, 0.5) is 5.82 Å². The predicted octanol–water partition coefficient (Wildman–Crippen LogP) is 2.01. The summed E-state index contributed by atoms with van der Waals surface area (Å²) in [6, 6.07) is 1.85. The standard InChI is InChI=1S/C12H15N3OS/c1-7-3-4-14-12(13)11(7)10(16)5-9-6-17-8(2)15-9/h3-4,6,10,16H,5H2,1-2H3,(H2,13,14). The topological polar surface area (TPSA) is 72.0 Å². The number of hydrogen-bond acceptors (Lipinski definition) is 5. The van der Waals surface area contributed by atoms with Crippen LogP contribution in [0.1, 0.15) is 27.9 Å². The molecule has 4 nitrogen and oxygen atoms in total. The molecule has 90 valence electrons. The van der Waals surface area contributed by atoms with E-state index in [4.69, 9.17) is 5.73 Å². The number of thiazole rings is 1. The van der Waals surface area contributed by atoms with Gasteiger partial charge < -0.3 is 10.8 Å². The van der Waals surface area contributed by atoms with Gasteiger partial charge in [0.05, 0.1) is 16.8 Å². The van der Waals surface area contributed by atoms with E-state index in [0.29, 0.717) is 17.8 Å². The molecule has 2 rings (SSSR count). The highest BCUT2D eigenvalue weighted by molar-refractivity contribution is 7.09. The molecule has 17 heavy (non-hydrogen) atoms. The zero-order valence-corrected chi connectivity index (χ0v) is 10.7. The molecule has 0 aliphatic heterocycles. The quantitative estimate of drug-likeness (QED) is 0.873. The van der Waals surface area contributed by atoms with E-state index in [-0.39, 0.29) is 0 Å². The fourth-order valence-electron chi connectivity index (χ4n) is 1.83. The van der Waals surface area contributed by atoms with Gasteiger partial charge in [-0.25, -0.2) is 9.97 Å². The number of aliphatic hydroxyl groups is 1. The molecule has 0 aliphatic rings. The number of hydrogen-bond donors (Lipinski definition) is 2. The van der Waals surface area contributed by atoms with E-state index in [1.54, 1.807) is 17.5 Å². The van der Waals surface area contributed by atoms with E-state index in [0.717, 1.165) is 16.3 Å². The molecule has 1 atom stereocenters. The van der Waals surface area contributed by atoms with Gasteiger partial charge in [0.1, 0.15) is 5.82 Å². The minimum absolute atomic E-state index is 0.393. The van der Waals surface area contributed by atoms with Crippen LogP contribution in [-0.4, -0.2) is 15.1 Å². The van der Waals surface area contributed by atoms with Crippen molar-refractivity contribution in [1.82, 2.24) is 9.97 Å². The minimum Gasteiger partial charge on any atom is -0.388 e. The predicted molar refractivity (Wildman–Crippen MR) is 68.9 cm³/mol. The summed E-state index contributed by atoms with van der Waals surface area (Å²) >= 11 is 1.58. The molecule has 0 aliphatic carbocycles. The molecule has 0 fully saturated rings. The van der Waals surface area contributed by atoms with E-state index < -0.39 is 6.10 Å². The lowest BCUT2D eigenvalue weighted by Gasteiger charge is -2.14. The highest BCUT2D eigenvalue weighted by Crippen LogP contribution is 2.25. The Morgan fingerprint density at radius 3 is 2.82 bits per heavy atom. The maximum absolute atomic E-state index is 10.2. The van der Waals surface area contributed by atoms with Gasteiger partial charge in [0.25, 0.3) is 0 Å². The lowest BCUT2D eigenvalue weighted by molar-refractivity contribution is 0.177. The van der Waals surface area contributed by atoms with E-state index >= 15 is 0 Å². The maximum Gasteiger partial charge on any atom is 0.129 e. The molecule has 0 spiro atoms. The zero-order chi connectivity index (χ0) is 12.4. The van der Waals surface area contributed by atoms with Gasteiger partial charge in [-0.05, 0) is 25.5 Å². The third kappa shape index (κ3) is 2.62. The summed E-state index contributed by atoms with van der Waals surface area (Å²) in [5.41, 5.74) is 8.35. The van der Waals surface area contributed by atoms with Gasteiger partial charge in [0.15, 0.2) is 0 Å². The smallest absolute Gasteiger partial charge is 0.129 e. The van der Waals surface area contributed by atoms with Gasteiger partial charge in [-0.3, -0.25) is 0 Å².